The molecule has 0 aromatic heterocycles. The molecule has 3 rings (SSSR count). The predicted molar refractivity (Wildman–Crippen MR) is 96.1 cm³/mol. The molecule has 4 nitrogen and oxygen atoms in total. The SMILES string of the molecule is COc1cc2c(cc1OCC[18F])CCN1C[C@@H](CC(C)C)[C@H](O)C[C@H]21. The molecule has 0 amide bonds. The van der Waals surface area contributed by atoms with Crippen molar-refractivity contribution in [2.24, 2.45) is 11.8 Å². The number of hydrogen-bond donors (Lipinski definition) is 1. The lowest BCUT2D eigenvalue weighted by molar-refractivity contribution is -0.0191. The van der Waals surface area contributed by atoms with Gasteiger partial charge in [0.25, 0.3) is 0 Å². The highest BCUT2D eigenvalue weighted by atomic mass is 18.2. The second kappa shape index (κ2) is 7.92. The minimum Gasteiger partial charge on any atom is -0.493 e. The lowest BCUT2D eigenvalue weighted by Gasteiger charge is -2.46. The average Bonchev–Trinajstić information content (AvgIpc) is 2.59. The van der Waals surface area contributed by atoms with Crippen LogP contribution >= 0.6 is 0 Å². The number of alkyl halides is 1. The third kappa shape index (κ3) is 3.93. The first kappa shape index (κ1) is 18.5. The highest BCUT2D eigenvalue weighted by molar-refractivity contribution is 5.49. The third-order valence-corrected chi connectivity index (χ3v) is 5.48. The van der Waals surface area contributed by atoms with Crippen LogP contribution in [0.4, 0.5) is 4.39 Å². The molecule has 1 fully saturated rings. The Labute approximate surface area is 149 Å². The fourth-order valence-electron chi connectivity index (χ4n) is 4.36. The number of ether oxygens (including phenoxy) is 2. The van der Waals surface area contributed by atoms with Crippen molar-refractivity contribution < 1.29 is 19.0 Å². The molecule has 2 aliphatic rings. The van der Waals surface area contributed by atoms with Gasteiger partial charge in [0.1, 0.15) is 13.3 Å². The summed E-state index contributed by atoms with van der Waals surface area (Å²) in [6.07, 6.45) is 2.52. The summed E-state index contributed by atoms with van der Waals surface area (Å²) in [7, 11) is 1.61. The fraction of sp³-hybridized carbons (Fsp3) is 0.700. The summed E-state index contributed by atoms with van der Waals surface area (Å²) in [5.74, 6) is 2.21. The maximum atomic E-state index is 12.4. The molecule has 2 heterocycles. The van der Waals surface area contributed by atoms with E-state index < -0.39 is 6.67 Å². The molecule has 0 radical (unpaired) electrons. The predicted octanol–water partition coefficient (Wildman–Crippen LogP) is 3.37. The molecule has 140 valence electrons. The van der Waals surface area contributed by atoms with E-state index in [1.54, 1.807) is 7.11 Å². The summed E-state index contributed by atoms with van der Waals surface area (Å²) in [6, 6.07) is 4.24. The number of benzene rings is 1. The zero-order valence-corrected chi connectivity index (χ0v) is 15.5. The summed E-state index contributed by atoms with van der Waals surface area (Å²) in [5, 5.41) is 10.7. The van der Waals surface area contributed by atoms with Gasteiger partial charge in [0.05, 0.1) is 13.2 Å². The maximum absolute atomic E-state index is 12.4. The third-order valence-electron chi connectivity index (χ3n) is 5.48. The van der Waals surface area contributed by atoms with Gasteiger partial charge < -0.3 is 14.6 Å². The standard InChI is InChI=1S/C20H30FNO3/c1-13(2)8-15-12-22-6-4-14-9-20(25-7-5-21)19(24-3)10-16(14)17(22)11-18(15)23/h9-10,13,15,17-18,23H,4-8,11-12H2,1-3H3/t15-,17-,18-/m1/s1/i21-1. The van der Waals surface area contributed by atoms with Crippen molar-refractivity contribution in [2.45, 2.75) is 45.3 Å². The van der Waals surface area contributed by atoms with Crippen molar-refractivity contribution in [1.82, 2.24) is 4.90 Å². The van der Waals surface area contributed by atoms with E-state index in [2.05, 4.69) is 18.7 Å². The van der Waals surface area contributed by atoms with E-state index >= 15 is 0 Å². The van der Waals surface area contributed by atoms with Crippen molar-refractivity contribution in [3.8, 4) is 11.5 Å². The van der Waals surface area contributed by atoms with E-state index in [9.17, 15) is 9.50 Å². The molecule has 1 N–H and O–H groups in total. The first-order valence-electron chi connectivity index (χ1n) is 9.35. The zero-order valence-electron chi connectivity index (χ0n) is 15.5. The number of fused-ring (bicyclic) bond motifs is 3. The molecule has 0 aliphatic carbocycles. The highest BCUT2D eigenvalue weighted by Crippen LogP contribution is 2.43. The Bertz CT molecular complexity index is 593. The van der Waals surface area contributed by atoms with Crippen molar-refractivity contribution in [1.29, 1.82) is 0 Å². The van der Waals surface area contributed by atoms with Crippen LogP contribution < -0.4 is 9.47 Å². The molecule has 5 heteroatoms. The average molecular weight is 350 g/mol. The van der Waals surface area contributed by atoms with E-state index in [0.717, 1.165) is 32.4 Å². The summed E-state index contributed by atoms with van der Waals surface area (Å²) in [4.78, 5) is 2.50. The molecule has 1 saturated heterocycles. The topological polar surface area (TPSA) is 41.9 Å². The van der Waals surface area contributed by atoms with Gasteiger partial charge in [0.2, 0.25) is 0 Å². The number of piperidine rings is 1. The van der Waals surface area contributed by atoms with E-state index in [1.165, 1.54) is 11.1 Å². The Morgan fingerprint density at radius 1 is 1.32 bits per heavy atom. The van der Waals surface area contributed by atoms with E-state index in [-0.39, 0.29) is 18.8 Å². The van der Waals surface area contributed by atoms with Gasteiger partial charge in [-0.2, -0.15) is 0 Å². The van der Waals surface area contributed by atoms with Gasteiger partial charge in [-0.15, -0.1) is 0 Å². The first-order valence-corrected chi connectivity index (χ1v) is 9.35. The molecule has 1 aromatic carbocycles. The molecule has 1 aromatic rings. The second-order valence-electron chi connectivity index (χ2n) is 7.69. The Morgan fingerprint density at radius 2 is 2.12 bits per heavy atom. The summed E-state index contributed by atoms with van der Waals surface area (Å²) < 4.78 is 23.4. The van der Waals surface area contributed by atoms with E-state index in [4.69, 9.17) is 9.47 Å². The molecule has 25 heavy (non-hydrogen) atoms. The van der Waals surface area contributed by atoms with Gasteiger partial charge in [-0.3, -0.25) is 4.90 Å². The minimum absolute atomic E-state index is 0.0420. The van der Waals surface area contributed by atoms with Gasteiger partial charge in [-0.05, 0) is 54.4 Å². The molecule has 0 unspecified atom stereocenters. The minimum atomic E-state index is -0.514. The van der Waals surface area contributed by atoms with Crippen molar-refractivity contribution in [3.05, 3.63) is 23.3 Å². The van der Waals surface area contributed by atoms with Gasteiger partial charge in [0.15, 0.2) is 11.5 Å². The molecule has 2 aliphatic heterocycles. The van der Waals surface area contributed by atoms with Crippen molar-refractivity contribution in [3.63, 3.8) is 0 Å². The van der Waals surface area contributed by atoms with Gasteiger partial charge in [0, 0.05) is 19.1 Å². The van der Waals surface area contributed by atoms with Crippen LogP contribution in [0.1, 0.15) is 43.9 Å². The van der Waals surface area contributed by atoms with Crippen molar-refractivity contribution in [2.75, 3.05) is 33.5 Å². The number of methoxy groups -OCH3 is 1. The maximum Gasteiger partial charge on any atom is 0.161 e. The van der Waals surface area contributed by atoms with Crippen LogP contribution in [-0.4, -0.2) is 49.6 Å². The molecule has 0 bridgehead atoms. The van der Waals surface area contributed by atoms with Crippen LogP contribution in [0.2, 0.25) is 0 Å². The molecule has 3 atom stereocenters. The van der Waals surface area contributed by atoms with Crippen LogP contribution in [0.25, 0.3) is 0 Å². The van der Waals surface area contributed by atoms with Crippen LogP contribution in [0.15, 0.2) is 12.1 Å². The number of nitrogens with zero attached hydrogens (tertiary/aromatic N) is 1. The highest BCUT2D eigenvalue weighted by Gasteiger charge is 2.38. The van der Waals surface area contributed by atoms with E-state index in [1.807, 2.05) is 12.1 Å². The van der Waals surface area contributed by atoms with Gasteiger partial charge in [-0.1, -0.05) is 13.8 Å². The van der Waals surface area contributed by atoms with Crippen molar-refractivity contribution >= 4 is 0 Å². The smallest absolute Gasteiger partial charge is 0.161 e. The van der Waals surface area contributed by atoms with Gasteiger partial charge >= 0.3 is 0 Å². The monoisotopic (exact) mass is 350 g/mol. The Kier molecular flexibility index (Phi) is 5.85. The molecular weight excluding hydrogens is 320 g/mol. The normalized spacial score (nSPS) is 26.2. The Balaban J connectivity index is 1.84. The number of aliphatic hydroxyl groups is 1. The Hall–Kier alpha value is -1.33. The zero-order chi connectivity index (χ0) is 18.0. The number of hydrogen-bond acceptors (Lipinski definition) is 4. The molecular formula is C20H30FNO3. The Morgan fingerprint density at radius 3 is 2.80 bits per heavy atom. The summed E-state index contributed by atoms with van der Waals surface area (Å²) in [6.45, 7) is 5.91. The lowest BCUT2D eigenvalue weighted by atomic mass is 9.79. The largest absolute Gasteiger partial charge is 0.493 e. The number of halogens is 1. The molecule has 0 spiro atoms. The number of rotatable bonds is 6. The summed E-state index contributed by atoms with van der Waals surface area (Å²) >= 11 is 0. The second-order valence-corrected chi connectivity index (χ2v) is 7.69. The lowest BCUT2D eigenvalue weighted by Crippen LogP contribution is -2.48. The van der Waals surface area contributed by atoms with Gasteiger partial charge in [-0.25, -0.2) is 4.39 Å². The van der Waals surface area contributed by atoms with Crippen LogP contribution in [0.5, 0.6) is 11.5 Å². The first-order chi connectivity index (χ1) is 12.0. The van der Waals surface area contributed by atoms with Crippen LogP contribution in [0.3, 0.4) is 0 Å². The quantitative estimate of drug-likeness (QED) is 0.854. The summed E-state index contributed by atoms with van der Waals surface area (Å²) in [5.41, 5.74) is 2.45. The van der Waals surface area contributed by atoms with Crippen LogP contribution in [0, 0.1) is 11.8 Å². The fourth-order valence-corrected chi connectivity index (χ4v) is 4.36. The number of aliphatic hydroxyl groups excluding tert-OH is 1. The molecule has 0 saturated carbocycles. The van der Waals surface area contributed by atoms with E-state index in [0.29, 0.717) is 23.3 Å². The van der Waals surface area contributed by atoms with Crippen LogP contribution in [-0.2, 0) is 6.42 Å².